The Morgan fingerprint density at radius 3 is 2.60 bits per heavy atom. The summed E-state index contributed by atoms with van der Waals surface area (Å²) in [5.74, 6) is 0.852. The third kappa shape index (κ3) is 4.03. The lowest BCUT2D eigenvalue weighted by Gasteiger charge is -2.33. The zero-order valence-electron chi connectivity index (χ0n) is 13.4. The van der Waals surface area contributed by atoms with E-state index in [4.69, 9.17) is 4.98 Å². The normalized spacial score (nSPS) is 18.6. The minimum atomic E-state index is 0.454. The Balaban J connectivity index is 2.04. The van der Waals surface area contributed by atoms with Gasteiger partial charge in [-0.1, -0.05) is 6.92 Å². The maximum atomic E-state index is 4.77. The molecule has 1 fully saturated rings. The minimum absolute atomic E-state index is 0.454. The zero-order chi connectivity index (χ0) is 14.5. The molecule has 0 saturated carbocycles. The Labute approximate surface area is 127 Å². The average Bonchev–Trinajstić information content (AvgIpc) is 2.77. The Kier molecular flexibility index (Phi) is 6.00. The molecule has 1 aromatic rings. The van der Waals surface area contributed by atoms with E-state index in [1.807, 2.05) is 11.3 Å². The molecule has 2 heterocycles. The minimum Gasteiger partial charge on any atom is -0.317 e. The van der Waals surface area contributed by atoms with Gasteiger partial charge in [0.2, 0.25) is 0 Å². The highest BCUT2D eigenvalue weighted by Crippen LogP contribution is 2.28. The molecule has 1 unspecified atom stereocenters. The highest BCUT2D eigenvalue weighted by atomic mass is 32.1. The van der Waals surface area contributed by atoms with Crippen molar-refractivity contribution in [2.45, 2.75) is 53.0 Å². The van der Waals surface area contributed by atoms with Crippen molar-refractivity contribution in [3.05, 3.63) is 15.6 Å². The molecular weight excluding hydrogens is 266 g/mol. The third-order valence-electron chi connectivity index (χ3n) is 4.35. The van der Waals surface area contributed by atoms with Gasteiger partial charge in [0.25, 0.3) is 0 Å². The Bertz CT molecular complexity index is 410. The van der Waals surface area contributed by atoms with Gasteiger partial charge in [-0.3, -0.25) is 4.90 Å². The first-order chi connectivity index (χ1) is 9.61. The van der Waals surface area contributed by atoms with Crippen LogP contribution < -0.4 is 5.32 Å². The van der Waals surface area contributed by atoms with E-state index >= 15 is 0 Å². The molecule has 4 heteroatoms. The Morgan fingerprint density at radius 1 is 1.35 bits per heavy atom. The van der Waals surface area contributed by atoms with Crippen LogP contribution in [0.25, 0.3) is 0 Å². The van der Waals surface area contributed by atoms with Crippen molar-refractivity contribution < 1.29 is 0 Å². The van der Waals surface area contributed by atoms with Crippen molar-refractivity contribution >= 4 is 11.3 Å². The van der Waals surface area contributed by atoms with Gasteiger partial charge >= 0.3 is 0 Å². The van der Waals surface area contributed by atoms with E-state index in [2.05, 4.69) is 37.9 Å². The second kappa shape index (κ2) is 7.53. The summed E-state index contributed by atoms with van der Waals surface area (Å²) < 4.78 is 0. The number of hydrogen-bond acceptors (Lipinski definition) is 4. The lowest BCUT2D eigenvalue weighted by atomic mass is 9.96. The molecule has 0 amide bonds. The van der Waals surface area contributed by atoms with Crippen molar-refractivity contribution in [3.8, 4) is 0 Å². The molecule has 0 spiro atoms. The molecule has 1 N–H and O–H groups in total. The lowest BCUT2D eigenvalue weighted by Crippen LogP contribution is -2.38. The number of nitrogens with zero attached hydrogens (tertiary/aromatic N) is 2. The number of rotatable bonds is 6. The van der Waals surface area contributed by atoms with E-state index in [0.717, 1.165) is 5.92 Å². The van der Waals surface area contributed by atoms with E-state index in [1.165, 1.54) is 61.0 Å². The maximum absolute atomic E-state index is 4.77. The van der Waals surface area contributed by atoms with Gasteiger partial charge in [0.05, 0.1) is 16.7 Å². The molecule has 0 aromatic carbocycles. The molecule has 0 aliphatic carbocycles. The van der Waals surface area contributed by atoms with Gasteiger partial charge in [-0.2, -0.15) is 0 Å². The first-order valence-electron chi connectivity index (χ1n) is 8.00. The topological polar surface area (TPSA) is 28.2 Å². The summed E-state index contributed by atoms with van der Waals surface area (Å²) in [5.41, 5.74) is 1.30. The lowest BCUT2D eigenvalue weighted by molar-refractivity contribution is 0.158. The van der Waals surface area contributed by atoms with Crippen LogP contribution in [-0.2, 0) is 0 Å². The van der Waals surface area contributed by atoms with Gasteiger partial charge in [0, 0.05) is 11.4 Å². The summed E-state index contributed by atoms with van der Waals surface area (Å²) in [7, 11) is 0. The number of hydrogen-bond donors (Lipinski definition) is 1. The van der Waals surface area contributed by atoms with Gasteiger partial charge in [-0.05, 0) is 65.6 Å². The molecule has 1 aliphatic heterocycles. The quantitative estimate of drug-likeness (QED) is 0.870. The van der Waals surface area contributed by atoms with Crippen molar-refractivity contribution in [1.29, 1.82) is 0 Å². The molecule has 114 valence electrons. The number of piperidine rings is 1. The highest BCUT2D eigenvalue weighted by molar-refractivity contribution is 7.11. The van der Waals surface area contributed by atoms with E-state index < -0.39 is 0 Å². The van der Waals surface area contributed by atoms with E-state index in [1.54, 1.807) is 0 Å². The summed E-state index contributed by atoms with van der Waals surface area (Å²) in [4.78, 5) is 8.81. The summed E-state index contributed by atoms with van der Waals surface area (Å²) >= 11 is 1.83. The summed E-state index contributed by atoms with van der Waals surface area (Å²) in [5, 5.41) is 4.66. The highest BCUT2D eigenvalue weighted by Gasteiger charge is 2.23. The predicted octanol–water partition coefficient (Wildman–Crippen LogP) is 3.53. The molecule has 3 nitrogen and oxygen atoms in total. The standard InChI is InChI=1S/C16H29N3S/c1-5-10-19(11-15-6-8-17-9-7-15)12(2)16-13(3)20-14(4)18-16/h12,15,17H,5-11H2,1-4H3. The van der Waals surface area contributed by atoms with E-state index in [9.17, 15) is 0 Å². The fourth-order valence-corrected chi connectivity index (χ4v) is 4.14. The molecule has 1 aromatic heterocycles. The van der Waals surface area contributed by atoms with Crippen LogP contribution in [0.1, 0.15) is 54.7 Å². The average molecular weight is 295 g/mol. The second-order valence-corrected chi connectivity index (χ2v) is 7.45. The van der Waals surface area contributed by atoms with Gasteiger partial charge < -0.3 is 5.32 Å². The molecule has 20 heavy (non-hydrogen) atoms. The van der Waals surface area contributed by atoms with Gasteiger partial charge in [0.15, 0.2) is 0 Å². The van der Waals surface area contributed by atoms with Crippen LogP contribution in [0.3, 0.4) is 0 Å². The SMILES string of the molecule is CCCN(CC1CCNCC1)C(C)c1nc(C)sc1C. The fourth-order valence-electron chi connectivity index (χ4n) is 3.23. The molecule has 1 atom stereocenters. The largest absolute Gasteiger partial charge is 0.317 e. The zero-order valence-corrected chi connectivity index (χ0v) is 14.2. The van der Waals surface area contributed by atoms with Crippen LogP contribution in [0.2, 0.25) is 0 Å². The van der Waals surface area contributed by atoms with Crippen LogP contribution in [0, 0.1) is 19.8 Å². The summed E-state index contributed by atoms with van der Waals surface area (Å²) in [6.45, 7) is 13.7. The smallest absolute Gasteiger partial charge is 0.0900 e. The molecule has 0 radical (unpaired) electrons. The van der Waals surface area contributed by atoms with Crippen molar-refractivity contribution in [2.75, 3.05) is 26.2 Å². The van der Waals surface area contributed by atoms with Gasteiger partial charge in [0.1, 0.15) is 0 Å². The first-order valence-corrected chi connectivity index (χ1v) is 8.82. The molecule has 2 rings (SSSR count). The first kappa shape index (κ1) is 15.9. The van der Waals surface area contributed by atoms with Crippen molar-refractivity contribution in [3.63, 3.8) is 0 Å². The molecular formula is C16H29N3S. The van der Waals surface area contributed by atoms with Crippen LogP contribution in [0.15, 0.2) is 0 Å². The van der Waals surface area contributed by atoms with Gasteiger partial charge in [-0.15, -0.1) is 11.3 Å². The van der Waals surface area contributed by atoms with Crippen LogP contribution in [0.5, 0.6) is 0 Å². The predicted molar refractivity (Wildman–Crippen MR) is 87.5 cm³/mol. The number of aromatic nitrogens is 1. The van der Waals surface area contributed by atoms with Crippen molar-refractivity contribution in [2.24, 2.45) is 5.92 Å². The molecule has 0 bridgehead atoms. The fraction of sp³-hybridized carbons (Fsp3) is 0.812. The number of aryl methyl sites for hydroxylation is 2. The van der Waals surface area contributed by atoms with Crippen LogP contribution in [-0.4, -0.2) is 36.1 Å². The number of thiazole rings is 1. The van der Waals surface area contributed by atoms with Gasteiger partial charge in [-0.25, -0.2) is 4.98 Å². The maximum Gasteiger partial charge on any atom is 0.0900 e. The number of nitrogens with one attached hydrogen (secondary N) is 1. The monoisotopic (exact) mass is 295 g/mol. The van der Waals surface area contributed by atoms with Crippen molar-refractivity contribution in [1.82, 2.24) is 15.2 Å². The van der Waals surface area contributed by atoms with Crippen LogP contribution >= 0.6 is 11.3 Å². The Morgan fingerprint density at radius 2 is 2.05 bits per heavy atom. The third-order valence-corrected chi connectivity index (χ3v) is 5.25. The van der Waals surface area contributed by atoms with E-state index in [0.29, 0.717) is 6.04 Å². The Hall–Kier alpha value is -0.450. The van der Waals surface area contributed by atoms with Crippen LogP contribution in [0.4, 0.5) is 0 Å². The summed E-state index contributed by atoms with van der Waals surface area (Å²) in [6.07, 6.45) is 3.86. The molecule has 1 saturated heterocycles. The van der Waals surface area contributed by atoms with E-state index in [-0.39, 0.29) is 0 Å². The summed E-state index contributed by atoms with van der Waals surface area (Å²) in [6, 6.07) is 0.454. The molecule has 1 aliphatic rings. The second-order valence-electron chi connectivity index (χ2n) is 6.04.